The predicted molar refractivity (Wildman–Crippen MR) is 104 cm³/mol. The molecule has 2 aromatic rings. The van der Waals surface area contributed by atoms with Crippen LogP contribution < -0.4 is 15.0 Å². The Hall–Kier alpha value is -3.35. The van der Waals surface area contributed by atoms with Gasteiger partial charge in [0.05, 0.1) is 18.0 Å². The van der Waals surface area contributed by atoms with Crippen molar-refractivity contribution in [3.8, 4) is 5.75 Å². The first-order valence-corrected chi connectivity index (χ1v) is 9.07. The third kappa shape index (κ3) is 5.09. The van der Waals surface area contributed by atoms with E-state index in [1.165, 1.54) is 4.90 Å². The molecule has 1 aliphatic rings. The topological polar surface area (TPSA) is 84.9 Å². The first-order valence-electron chi connectivity index (χ1n) is 9.07. The Morgan fingerprint density at radius 3 is 2.79 bits per heavy atom. The second kappa shape index (κ2) is 9.03. The molecule has 0 radical (unpaired) electrons. The van der Waals surface area contributed by atoms with E-state index in [-0.39, 0.29) is 18.9 Å². The minimum absolute atomic E-state index is 0.0995. The number of hydrogen-bond acceptors (Lipinski definition) is 5. The molecule has 0 atom stereocenters. The van der Waals surface area contributed by atoms with Crippen LogP contribution in [0.2, 0.25) is 0 Å². The second-order valence-electron chi connectivity index (χ2n) is 6.47. The third-order valence-corrected chi connectivity index (χ3v) is 4.21. The van der Waals surface area contributed by atoms with E-state index in [2.05, 4.69) is 5.32 Å². The molecule has 0 aromatic heterocycles. The summed E-state index contributed by atoms with van der Waals surface area (Å²) in [5.74, 6) is -0.445. The first kappa shape index (κ1) is 19.4. The van der Waals surface area contributed by atoms with E-state index < -0.39 is 18.5 Å². The molecule has 7 nitrogen and oxygen atoms in total. The highest BCUT2D eigenvalue weighted by Gasteiger charge is 2.27. The van der Waals surface area contributed by atoms with Gasteiger partial charge in [0.2, 0.25) is 5.91 Å². The van der Waals surface area contributed by atoms with Gasteiger partial charge in [0, 0.05) is 6.42 Å². The lowest BCUT2D eigenvalue weighted by Gasteiger charge is -2.28. The quantitative estimate of drug-likeness (QED) is 0.588. The fourth-order valence-electron chi connectivity index (χ4n) is 2.86. The Labute approximate surface area is 163 Å². The molecular formula is C21H22N2O5. The zero-order valence-corrected chi connectivity index (χ0v) is 15.6. The van der Waals surface area contributed by atoms with Crippen LogP contribution >= 0.6 is 0 Å². The number of anilines is 2. The minimum Gasteiger partial charge on any atom is -0.494 e. The summed E-state index contributed by atoms with van der Waals surface area (Å²) < 4.78 is 10.6. The Balaban J connectivity index is 1.42. The molecule has 28 heavy (non-hydrogen) atoms. The van der Waals surface area contributed by atoms with Gasteiger partial charge in [-0.15, -0.1) is 0 Å². The van der Waals surface area contributed by atoms with Gasteiger partial charge in [0.1, 0.15) is 12.3 Å². The number of ether oxygens (including phenoxy) is 2. The van der Waals surface area contributed by atoms with E-state index in [1.54, 1.807) is 24.3 Å². The molecule has 1 aliphatic heterocycles. The Morgan fingerprint density at radius 2 is 1.96 bits per heavy atom. The summed E-state index contributed by atoms with van der Waals surface area (Å²) in [5, 5.41) is 2.71. The maximum atomic E-state index is 12.4. The van der Waals surface area contributed by atoms with Crippen molar-refractivity contribution in [2.45, 2.75) is 19.8 Å². The molecule has 0 aliphatic carbocycles. The van der Waals surface area contributed by atoms with E-state index in [4.69, 9.17) is 9.47 Å². The molecule has 7 heteroatoms. The molecular weight excluding hydrogens is 360 g/mol. The Morgan fingerprint density at radius 1 is 1.14 bits per heavy atom. The van der Waals surface area contributed by atoms with Gasteiger partial charge in [-0.2, -0.15) is 0 Å². The number of carbonyl (C=O) groups excluding carboxylic acids is 3. The molecule has 3 rings (SSSR count). The monoisotopic (exact) mass is 382 g/mol. The van der Waals surface area contributed by atoms with Crippen LogP contribution in [-0.4, -0.2) is 37.5 Å². The van der Waals surface area contributed by atoms with Crippen molar-refractivity contribution < 1.29 is 23.9 Å². The van der Waals surface area contributed by atoms with Crippen molar-refractivity contribution in [2.24, 2.45) is 0 Å². The fraction of sp³-hybridized carbons (Fsp3) is 0.286. The average molecular weight is 382 g/mol. The summed E-state index contributed by atoms with van der Waals surface area (Å²) >= 11 is 0. The van der Waals surface area contributed by atoms with Gasteiger partial charge in [0.25, 0.3) is 5.91 Å². The average Bonchev–Trinajstić information content (AvgIpc) is 2.69. The van der Waals surface area contributed by atoms with Crippen LogP contribution in [0.1, 0.15) is 18.4 Å². The number of carbonyl (C=O) groups is 3. The number of amides is 2. The molecule has 0 spiro atoms. The van der Waals surface area contributed by atoms with Crippen LogP contribution in [0.25, 0.3) is 0 Å². The number of hydrogen-bond donors (Lipinski definition) is 1. The Kier molecular flexibility index (Phi) is 6.26. The number of aryl methyl sites for hydroxylation is 1. The predicted octanol–water partition coefficient (Wildman–Crippen LogP) is 2.68. The minimum atomic E-state index is -0.476. The van der Waals surface area contributed by atoms with Crippen molar-refractivity contribution in [2.75, 3.05) is 30.0 Å². The highest BCUT2D eigenvalue weighted by Crippen LogP contribution is 2.28. The maximum Gasteiger partial charge on any atom is 0.306 e. The summed E-state index contributed by atoms with van der Waals surface area (Å²) in [6, 6.07) is 14.7. The molecule has 146 valence electrons. The highest BCUT2D eigenvalue weighted by molar-refractivity contribution is 6.10. The van der Waals surface area contributed by atoms with Gasteiger partial charge in [-0.1, -0.05) is 24.3 Å². The van der Waals surface area contributed by atoms with Crippen molar-refractivity contribution >= 4 is 29.2 Å². The number of rotatable bonds is 7. The summed E-state index contributed by atoms with van der Waals surface area (Å²) in [7, 11) is 0. The van der Waals surface area contributed by atoms with Crippen LogP contribution in [0.4, 0.5) is 11.4 Å². The molecule has 0 bridgehead atoms. The van der Waals surface area contributed by atoms with Crippen molar-refractivity contribution in [1.29, 1.82) is 0 Å². The fourth-order valence-corrected chi connectivity index (χ4v) is 2.86. The summed E-state index contributed by atoms with van der Waals surface area (Å²) in [6.07, 6.45) is 0.631. The van der Waals surface area contributed by atoms with E-state index in [0.29, 0.717) is 24.4 Å². The number of nitrogens with one attached hydrogen (secondary N) is 1. The second-order valence-corrected chi connectivity index (χ2v) is 6.47. The van der Waals surface area contributed by atoms with Crippen molar-refractivity contribution in [3.63, 3.8) is 0 Å². The van der Waals surface area contributed by atoms with Crippen LogP contribution in [-0.2, 0) is 19.1 Å². The highest BCUT2D eigenvalue weighted by atomic mass is 16.5. The van der Waals surface area contributed by atoms with Crippen LogP contribution in [0.5, 0.6) is 5.75 Å². The summed E-state index contributed by atoms with van der Waals surface area (Å²) in [6.45, 7) is 1.86. The van der Waals surface area contributed by atoms with Gasteiger partial charge in [-0.3, -0.25) is 19.3 Å². The normalized spacial score (nSPS) is 12.8. The zero-order chi connectivity index (χ0) is 19.9. The lowest BCUT2D eigenvalue weighted by molar-refractivity contribution is -0.148. The number of para-hydroxylation sites is 2. The van der Waals surface area contributed by atoms with Gasteiger partial charge in [-0.05, 0) is 43.2 Å². The third-order valence-electron chi connectivity index (χ3n) is 4.21. The summed E-state index contributed by atoms with van der Waals surface area (Å²) in [4.78, 5) is 37.4. The molecule has 0 fully saturated rings. The number of esters is 1. The summed E-state index contributed by atoms with van der Waals surface area (Å²) in [5.41, 5.74) is 2.25. The first-order chi connectivity index (χ1) is 13.5. The zero-order valence-electron chi connectivity index (χ0n) is 15.6. The van der Waals surface area contributed by atoms with E-state index >= 15 is 0 Å². The van der Waals surface area contributed by atoms with Gasteiger partial charge in [0.15, 0.2) is 6.61 Å². The molecule has 2 aromatic carbocycles. The molecule has 1 heterocycles. The maximum absolute atomic E-state index is 12.4. The molecule has 2 amide bonds. The number of nitrogens with zero attached hydrogens (tertiary/aromatic N) is 1. The van der Waals surface area contributed by atoms with Crippen molar-refractivity contribution in [3.05, 3.63) is 54.1 Å². The van der Waals surface area contributed by atoms with Gasteiger partial charge < -0.3 is 14.8 Å². The molecule has 0 saturated carbocycles. The van der Waals surface area contributed by atoms with Crippen LogP contribution in [0.3, 0.4) is 0 Å². The number of benzene rings is 2. The van der Waals surface area contributed by atoms with E-state index in [1.807, 2.05) is 31.2 Å². The largest absolute Gasteiger partial charge is 0.494 e. The number of fused-ring (bicyclic) bond motifs is 1. The van der Waals surface area contributed by atoms with Gasteiger partial charge >= 0.3 is 5.97 Å². The van der Waals surface area contributed by atoms with Crippen molar-refractivity contribution in [1.82, 2.24) is 0 Å². The molecule has 0 unspecified atom stereocenters. The smallest absolute Gasteiger partial charge is 0.306 e. The van der Waals surface area contributed by atoms with E-state index in [9.17, 15) is 14.4 Å². The SMILES string of the molecule is Cc1cccc(OCCCC(=O)OCC(=O)N2CC(=O)Nc3ccccc32)c1. The van der Waals surface area contributed by atoms with Crippen LogP contribution in [0.15, 0.2) is 48.5 Å². The van der Waals surface area contributed by atoms with Gasteiger partial charge in [-0.25, -0.2) is 0 Å². The lowest BCUT2D eigenvalue weighted by atomic mass is 10.2. The lowest BCUT2D eigenvalue weighted by Crippen LogP contribution is -2.44. The molecule has 0 saturated heterocycles. The van der Waals surface area contributed by atoms with E-state index in [0.717, 1.165) is 11.3 Å². The Bertz CT molecular complexity index is 881. The molecule has 1 N–H and O–H groups in total. The van der Waals surface area contributed by atoms with Crippen LogP contribution in [0, 0.1) is 6.92 Å². The standard InChI is InChI=1S/C21H22N2O5/c1-15-6-4-7-16(12-15)27-11-5-10-21(26)28-14-20(25)23-13-19(24)22-17-8-2-3-9-18(17)23/h2-4,6-9,12H,5,10-11,13-14H2,1H3,(H,22,24).